The first-order valence-electron chi connectivity index (χ1n) is 7.47. The number of fused-ring (bicyclic) bond motifs is 5. The summed E-state index contributed by atoms with van der Waals surface area (Å²) in [5.74, 6) is 2.15. The summed E-state index contributed by atoms with van der Waals surface area (Å²) in [7, 11) is 8.30. The monoisotopic (exact) mass is 295 g/mol. The van der Waals surface area contributed by atoms with E-state index in [-0.39, 0.29) is 7.12 Å². The second-order valence-corrected chi connectivity index (χ2v) is 6.03. The number of anilines is 4. The number of nitrogens with zero attached hydrogens (tertiary/aromatic N) is 4. The van der Waals surface area contributed by atoms with Gasteiger partial charge in [0.05, 0.1) is 26.0 Å². The van der Waals surface area contributed by atoms with Crippen LogP contribution in [0.3, 0.4) is 0 Å². The van der Waals surface area contributed by atoms with Gasteiger partial charge in [-0.15, -0.1) is 0 Å². The topological polar surface area (TPSA) is 22.8 Å². The molecule has 0 atom stereocenters. The highest BCUT2D eigenvalue weighted by Gasteiger charge is 2.59. The zero-order valence-electron chi connectivity index (χ0n) is 13.7. The van der Waals surface area contributed by atoms with Crippen LogP contribution in [0, 0.1) is 6.92 Å². The molecule has 112 valence electrons. The van der Waals surface area contributed by atoms with E-state index in [4.69, 9.17) is 4.74 Å². The van der Waals surface area contributed by atoms with Crippen LogP contribution in [-0.4, -0.2) is 28.3 Å². The number of benzene rings is 1. The van der Waals surface area contributed by atoms with Crippen LogP contribution in [0.15, 0.2) is 30.5 Å². The Morgan fingerprint density at radius 3 is 2.55 bits per heavy atom. The lowest BCUT2D eigenvalue weighted by Crippen LogP contribution is -2.53. The van der Waals surface area contributed by atoms with Crippen molar-refractivity contribution in [2.24, 2.45) is 7.05 Å². The van der Waals surface area contributed by atoms with Crippen molar-refractivity contribution >= 4 is 30.0 Å². The molecule has 0 saturated heterocycles. The number of methoxy groups -OCH3 is 1. The number of rotatable bonds is 1. The van der Waals surface area contributed by atoms with Gasteiger partial charge in [0.2, 0.25) is 0 Å². The molecule has 3 heterocycles. The summed E-state index contributed by atoms with van der Waals surface area (Å²) in [5, 5.41) is 0. The summed E-state index contributed by atoms with van der Waals surface area (Å²) in [6.07, 6.45) is 2.10. The van der Waals surface area contributed by atoms with Gasteiger partial charge >= 0.3 is 7.12 Å². The first kappa shape index (κ1) is 13.3. The van der Waals surface area contributed by atoms with Crippen LogP contribution >= 0.6 is 0 Å². The molecule has 5 nitrogen and oxygen atoms in total. The predicted octanol–water partition coefficient (Wildman–Crippen LogP) is 1.85. The largest absolute Gasteiger partial charge is 0.634 e. The van der Waals surface area contributed by atoms with E-state index in [1.165, 1.54) is 28.4 Å². The Labute approximate surface area is 131 Å². The number of aryl methyl sites for hydroxylation is 1. The van der Waals surface area contributed by atoms with Crippen molar-refractivity contribution in [3.63, 3.8) is 0 Å². The molecular weight excluding hydrogens is 275 g/mol. The molecule has 0 aliphatic carbocycles. The van der Waals surface area contributed by atoms with Crippen LogP contribution in [0.4, 0.5) is 22.9 Å². The van der Waals surface area contributed by atoms with E-state index in [9.17, 15) is 0 Å². The van der Waals surface area contributed by atoms with Crippen molar-refractivity contribution in [3.05, 3.63) is 36.0 Å². The second kappa shape index (κ2) is 4.32. The van der Waals surface area contributed by atoms with Gasteiger partial charge in [0.15, 0.2) is 0 Å². The molecule has 1 aromatic carbocycles. The smallest absolute Gasteiger partial charge is 0.496 e. The Bertz CT molecular complexity index is 779. The third-order valence-corrected chi connectivity index (χ3v) is 4.86. The molecular formula is C16H20BN4O+. The molecule has 0 amide bonds. The molecule has 0 radical (unpaired) electrons. The zero-order chi connectivity index (χ0) is 15.6. The third-order valence-electron chi connectivity index (χ3n) is 4.86. The van der Waals surface area contributed by atoms with E-state index in [1.54, 1.807) is 7.11 Å². The summed E-state index contributed by atoms with van der Waals surface area (Å²) >= 11 is 0. The van der Waals surface area contributed by atoms with E-state index in [1.807, 2.05) is 0 Å². The van der Waals surface area contributed by atoms with Crippen LogP contribution in [0.1, 0.15) is 5.56 Å². The minimum atomic E-state index is 0.171. The number of pyridine rings is 1. The van der Waals surface area contributed by atoms with Crippen LogP contribution in [0.2, 0.25) is 0 Å². The SMILES string of the molecule is COc1ccc2c(c1C)N1B(N2C)N(C)c2ccc[n+](C)c21. The number of aromatic nitrogens is 1. The Morgan fingerprint density at radius 1 is 1.09 bits per heavy atom. The van der Waals surface area contributed by atoms with Crippen molar-refractivity contribution < 1.29 is 9.30 Å². The summed E-state index contributed by atoms with van der Waals surface area (Å²) in [5.41, 5.74) is 4.90. The molecule has 0 unspecified atom stereocenters. The predicted molar refractivity (Wildman–Crippen MR) is 90.0 cm³/mol. The van der Waals surface area contributed by atoms with Gasteiger partial charge in [-0.1, -0.05) is 0 Å². The molecule has 6 heteroatoms. The number of hydrogen-bond donors (Lipinski definition) is 0. The maximum atomic E-state index is 5.53. The van der Waals surface area contributed by atoms with E-state index >= 15 is 0 Å². The molecule has 0 bridgehead atoms. The van der Waals surface area contributed by atoms with Gasteiger partial charge in [-0.05, 0) is 45.3 Å². The van der Waals surface area contributed by atoms with Crippen LogP contribution < -0.4 is 23.7 Å². The van der Waals surface area contributed by atoms with Crippen LogP contribution in [0.25, 0.3) is 0 Å². The minimum Gasteiger partial charge on any atom is -0.496 e. The van der Waals surface area contributed by atoms with E-state index < -0.39 is 0 Å². The Morgan fingerprint density at radius 2 is 1.82 bits per heavy atom. The maximum Gasteiger partial charge on any atom is 0.634 e. The summed E-state index contributed by atoms with van der Waals surface area (Å²) in [6, 6.07) is 8.47. The number of hydrogen-bond acceptors (Lipinski definition) is 4. The van der Waals surface area contributed by atoms with Gasteiger partial charge in [0, 0.05) is 5.56 Å². The molecule has 1 aromatic heterocycles. The van der Waals surface area contributed by atoms with Crippen LogP contribution in [-0.2, 0) is 7.05 Å². The first-order chi connectivity index (χ1) is 10.6. The number of ether oxygens (including phenoxy) is 1. The van der Waals surface area contributed by atoms with Crippen molar-refractivity contribution in [3.8, 4) is 5.75 Å². The molecule has 2 aliphatic rings. The van der Waals surface area contributed by atoms with Gasteiger partial charge in [0.25, 0.3) is 5.82 Å². The molecule has 0 saturated carbocycles. The minimum absolute atomic E-state index is 0.171. The summed E-state index contributed by atoms with van der Waals surface area (Å²) < 4.78 is 7.72. The average Bonchev–Trinajstić information content (AvgIpc) is 2.96. The zero-order valence-corrected chi connectivity index (χ0v) is 13.7. The second-order valence-electron chi connectivity index (χ2n) is 6.03. The van der Waals surface area contributed by atoms with Crippen molar-refractivity contribution in [1.29, 1.82) is 0 Å². The lowest BCUT2D eigenvalue weighted by Gasteiger charge is -2.19. The lowest BCUT2D eigenvalue weighted by molar-refractivity contribution is -0.657. The highest BCUT2D eigenvalue weighted by molar-refractivity contribution is 6.77. The van der Waals surface area contributed by atoms with Crippen LogP contribution in [0.5, 0.6) is 5.75 Å². The highest BCUT2D eigenvalue weighted by Crippen LogP contribution is 2.51. The molecule has 2 aliphatic heterocycles. The van der Waals surface area contributed by atoms with Crippen molar-refractivity contribution in [2.45, 2.75) is 6.92 Å². The Balaban J connectivity index is 2.02. The molecule has 2 aromatic rings. The standard InChI is InChI=1S/C16H20BN4O/c1-11-14(22-5)9-8-12-15(11)21-16-13(7-6-10-18(16)2)20(4)17(21)19(12)3/h6-10H,1-5H3/q+1. The third kappa shape index (κ3) is 1.42. The summed E-state index contributed by atoms with van der Waals surface area (Å²) in [6.45, 7) is 2.13. The summed E-state index contributed by atoms with van der Waals surface area (Å²) in [4.78, 5) is 7.05. The molecule has 22 heavy (non-hydrogen) atoms. The van der Waals surface area contributed by atoms with Gasteiger partial charge in [-0.2, -0.15) is 0 Å². The molecule has 0 fully saturated rings. The maximum absolute atomic E-state index is 5.53. The normalized spacial score (nSPS) is 15.1. The lowest BCUT2D eigenvalue weighted by atomic mass is 9.90. The van der Waals surface area contributed by atoms with Gasteiger partial charge in [-0.3, -0.25) is 0 Å². The quantitative estimate of drug-likeness (QED) is 0.591. The van der Waals surface area contributed by atoms with Crippen molar-refractivity contribution in [2.75, 3.05) is 35.6 Å². The van der Waals surface area contributed by atoms with E-state index in [0.29, 0.717) is 0 Å². The van der Waals surface area contributed by atoms with Gasteiger partial charge in [0.1, 0.15) is 17.1 Å². The Kier molecular flexibility index (Phi) is 2.61. The van der Waals surface area contributed by atoms with Crippen molar-refractivity contribution in [1.82, 2.24) is 0 Å². The fourth-order valence-corrected chi connectivity index (χ4v) is 3.82. The fourth-order valence-electron chi connectivity index (χ4n) is 3.82. The highest BCUT2D eigenvalue weighted by atomic mass is 16.5. The average molecular weight is 295 g/mol. The molecule has 0 spiro atoms. The fraction of sp³-hybridized carbons (Fsp3) is 0.312. The van der Waals surface area contributed by atoms with Gasteiger partial charge in [-0.25, -0.2) is 9.38 Å². The van der Waals surface area contributed by atoms with E-state index in [0.717, 1.165) is 5.75 Å². The molecule has 0 N–H and O–H groups in total. The first-order valence-corrected chi connectivity index (χ1v) is 7.47. The molecule has 4 rings (SSSR count). The Hall–Kier alpha value is -2.37. The van der Waals surface area contributed by atoms with E-state index in [2.05, 4.69) is 77.5 Å². The van der Waals surface area contributed by atoms with Gasteiger partial charge < -0.3 is 14.4 Å².